The van der Waals surface area contributed by atoms with Gasteiger partial charge >= 0.3 is 0 Å². The van der Waals surface area contributed by atoms with Gasteiger partial charge in [0.2, 0.25) is 11.8 Å². The fourth-order valence-electron chi connectivity index (χ4n) is 5.75. The fourth-order valence-corrected chi connectivity index (χ4v) is 5.92. The summed E-state index contributed by atoms with van der Waals surface area (Å²) in [6, 6.07) is 9.29. The van der Waals surface area contributed by atoms with E-state index in [4.69, 9.17) is 16.6 Å². The average Bonchev–Trinajstić information content (AvgIpc) is 3.65. The van der Waals surface area contributed by atoms with Crippen LogP contribution in [0, 0.1) is 5.92 Å². The highest BCUT2D eigenvalue weighted by Crippen LogP contribution is 2.37. The Bertz CT molecular complexity index is 1630. The number of amides is 2. The van der Waals surface area contributed by atoms with Gasteiger partial charge in [0, 0.05) is 47.4 Å². The fraction of sp³-hybridized carbons (Fsp3) is 0.333. The third-order valence-electron chi connectivity index (χ3n) is 7.91. The topological polar surface area (TPSA) is 111 Å². The van der Waals surface area contributed by atoms with E-state index in [0.717, 1.165) is 40.2 Å². The van der Waals surface area contributed by atoms with Gasteiger partial charge < -0.3 is 10.2 Å². The Morgan fingerprint density at radius 2 is 2.00 bits per heavy atom. The van der Waals surface area contributed by atoms with Gasteiger partial charge in [-0.05, 0) is 62.1 Å². The predicted molar refractivity (Wildman–Crippen MR) is 156 cm³/mol. The van der Waals surface area contributed by atoms with E-state index in [2.05, 4.69) is 20.7 Å². The zero-order valence-electron chi connectivity index (χ0n) is 23.0. The number of fused-ring (bicyclic) bond motifs is 4. The molecule has 11 heteroatoms. The third kappa shape index (κ3) is 5.27. The number of pyridine rings is 1. The van der Waals surface area contributed by atoms with E-state index in [0.29, 0.717) is 43.1 Å². The van der Waals surface area contributed by atoms with E-state index in [9.17, 15) is 9.59 Å². The molecule has 5 heterocycles. The van der Waals surface area contributed by atoms with Crippen LogP contribution in [0.4, 0.5) is 5.69 Å². The second-order valence-corrected chi connectivity index (χ2v) is 10.9. The summed E-state index contributed by atoms with van der Waals surface area (Å²) in [6.45, 7) is 5.14. The van der Waals surface area contributed by atoms with Gasteiger partial charge in [-0.15, -0.1) is 5.10 Å². The maximum Gasteiger partial charge on any atom is 0.247 e. The molecule has 1 N–H and O–H groups in total. The summed E-state index contributed by atoms with van der Waals surface area (Å²) < 4.78 is 3.55. The van der Waals surface area contributed by atoms with Crippen molar-refractivity contribution in [3.63, 3.8) is 0 Å². The number of halogens is 1. The van der Waals surface area contributed by atoms with Crippen molar-refractivity contribution in [1.29, 1.82) is 0 Å². The van der Waals surface area contributed by atoms with Crippen molar-refractivity contribution in [2.24, 2.45) is 5.92 Å². The van der Waals surface area contributed by atoms with Gasteiger partial charge in [-0.1, -0.05) is 30.2 Å². The molecule has 2 aliphatic rings. The Labute approximate surface area is 243 Å². The molecule has 2 aliphatic heterocycles. The molecule has 2 bridgehead atoms. The van der Waals surface area contributed by atoms with Crippen molar-refractivity contribution in [2.75, 3.05) is 11.9 Å². The van der Waals surface area contributed by atoms with Gasteiger partial charge in [0.1, 0.15) is 0 Å². The molecule has 4 aromatic rings. The van der Waals surface area contributed by atoms with Gasteiger partial charge in [-0.3, -0.25) is 19.3 Å². The number of nitrogens with zero attached hydrogens (tertiary/aromatic N) is 7. The van der Waals surface area contributed by atoms with Crippen molar-refractivity contribution in [2.45, 2.75) is 52.1 Å². The molecule has 41 heavy (non-hydrogen) atoms. The number of hydrogen-bond acceptors (Lipinski definition) is 6. The van der Waals surface area contributed by atoms with Crippen LogP contribution in [0.3, 0.4) is 0 Å². The van der Waals surface area contributed by atoms with Gasteiger partial charge in [0.25, 0.3) is 0 Å². The molecular formula is C30H31ClN8O2. The highest BCUT2D eigenvalue weighted by molar-refractivity contribution is 6.30. The van der Waals surface area contributed by atoms with Crippen molar-refractivity contribution in [3.05, 3.63) is 77.5 Å². The van der Waals surface area contributed by atoms with E-state index in [1.165, 1.54) is 0 Å². The lowest BCUT2D eigenvalue weighted by Crippen LogP contribution is -2.38. The smallest absolute Gasteiger partial charge is 0.247 e. The lowest BCUT2D eigenvalue weighted by atomic mass is 9.93. The lowest BCUT2D eigenvalue weighted by molar-refractivity contribution is -0.129. The molecule has 2 atom stereocenters. The molecule has 0 spiro atoms. The van der Waals surface area contributed by atoms with E-state index in [1.807, 2.05) is 47.7 Å². The molecule has 210 valence electrons. The zero-order valence-corrected chi connectivity index (χ0v) is 23.8. The summed E-state index contributed by atoms with van der Waals surface area (Å²) >= 11 is 6.37. The monoisotopic (exact) mass is 570 g/mol. The number of nitrogens with one attached hydrogen (secondary N) is 1. The number of aromatic nitrogens is 6. The van der Waals surface area contributed by atoms with Crippen LogP contribution in [0.15, 0.2) is 61.2 Å². The molecule has 1 aromatic carbocycles. The van der Waals surface area contributed by atoms with E-state index in [1.54, 1.807) is 41.6 Å². The molecule has 3 aromatic heterocycles. The van der Waals surface area contributed by atoms with Crippen LogP contribution in [0.5, 0.6) is 0 Å². The zero-order chi connectivity index (χ0) is 28.5. The molecule has 0 saturated heterocycles. The van der Waals surface area contributed by atoms with Crippen LogP contribution >= 0.6 is 11.6 Å². The number of hydrogen-bond donors (Lipinski definition) is 1. The minimum Gasteiger partial charge on any atom is -0.330 e. The highest BCUT2D eigenvalue weighted by Gasteiger charge is 2.31. The van der Waals surface area contributed by atoms with Crippen LogP contribution < -0.4 is 5.32 Å². The van der Waals surface area contributed by atoms with Gasteiger partial charge in [0.15, 0.2) is 0 Å². The first-order chi connectivity index (χ1) is 19.9. The molecule has 6 rings (SSSR count). The summed E-state index contributed by atoms with van der Waals surface area (Å²) in [7, 11) is 0. The largest absolute Gasteiger partial charge is 0.330 e. The standard InChI is InChI=1S/C30H31ClN8O2/c1-3-38-29-21-9-11-32-24(15-21)27(6-4-5-19(2)30(41)35-25(29)18-34-38)37-13-10-20(16-28(37)40)23-17-22(31)7-8-26(23)39-14-12-33-36-39/h7-9,11-12,14-19,27H,3-6,10,13H2,1-2H3,(H,35,41)/t19-,27?/m1/s1. The number of carbonyl (C=O) groups excluding carboxylic acids is 2. The first kappa shape index (κ1) is 26.9. The molecule has 10 nitrogen and oxygen atoms in total. The third-order valence-corrected chi connectivity index (χ3v) is 8.14. The normalized spacial score (nSPS) is 19.6. The second-order valence-electron chi connectivity index (χ2n) is 10.5. The Hall–Kier alpha value is -4.31. The van der Waals surface area contributed by atoms with Crippen molar-refractivity contribution in [1.82, 2.24) is 34.7 Å². The quantitative estimate of drug-likeness (QED) is 0.356. The summed E-state index contributed by atoms with van der Waals surface area (Å²) in [5.74, 6) is -0.287. The van der Waals surface area contributed by atoms with E-state index < -0.39 is 0 Å². The summed E-state index contributed by atoms with van der Waals surface area (Å²) in [6.07, 6.45) is 11.4. The minimum absolute atomic E-state index is 0.0281. The summed E-state index contributed by atoms with van der Waals surface area (Å²) in [5, 5.41) is 16.2. The van der Waals surface area contributed by atoms with Crippen LogP contribution in [0.1, 0.15) is 56.8 Å². The second kappa shape index (κ2) is 11.3. The van der Waals surface area contributed by atoms with Crippen molar-refractivity contribution in [3.8, 4) is 16.9 Å². The Kier molecular flexibility index (Phi) is 7.40. The average molecular weight is 571 g/mol. The van der Waals surface area contributed by atoms with Crippen LogP contribution in [-0.4, -0.2) is 53.0 Å². The maximum absolute atomic E-state index is 13.8. The first-order valence-corrected chi connectivity index (χ1v) is 14.3. The van der Waals surface area contributed by atoms with Gasteiger partial charge in [-0.25, -0.2) is 4.68 Å². The molecule has 2 amide bonds. The maximum atomic E-state index is 13.8. The Morgan fingerprint density at radius 3 is 2.78 bits per heavy atom. The minimum atomic E-state index is -0.231. The summed E-state index contributed by atoms with van der Waals surface area (Å²) in [4.78, 5) is 33.4. The number of rotatable bonds is 4. The number of anilines is 1. The number of aryl methyl sites for hydroxylation is 1. The Morgan fingerprint density at radius 1 is 1.12 bits per heavy atom. The van der Waals surface area contributed by atoms with Crippen LogP contribution in [0.25, 0.3) is 22.5 Å². The predicted octanol–water partition coefficient (Wildman–Crippen LogP) is 5.31. The highest BCUT2D eigenvalue weighted by atomic mass is 35.5. The van der Waals surface area contributed by atoms with Gasteiger partial charge in [-0.2, -0.15) is 5.10 Å². The number of benzene rings is 1. The molecule has 1 unspecified atom stereocenters. The molecule has 0 fully saturated rings. The van der Waals surface area contributed by atoms with Crippen LogP contribution in [0.2, 0.25) is 5.02 Å². The van der Waals surface area contributed by atoms with E-state index in [-0.39, 0.29) is 23.8 Å². The van der Waals surface area contributed by atoms with E-state index >= 15 is 0 Å². The molecular weight excluding hydrogens is 540 g/mol. The summed E-state index contributed by atoms with van der Waals surface area (Å²) in [5.41, 5.74) is 5.82. The van der Waals surface area contributed by atoms with Gasteiger partial charge in [0.05, 0.1) is 47.4 Å². The molecule has 0 aliphatic carbocycles. The number of carbonyl (C=O) groups is 2. The Balaban J connectivity index is 1.37. The SMILES string of the molecule is CCn1ncc2c1-c1ccnc(c1)C(N1CCC(c3cc(Cl)ccc3-n3ccnn3)=CC1=O)CCC[C@@H](C)C(=O)N2. The molecule has 0 radical (unpaired) electrons. The van der Waals surface area contributed by atoms with Crippen LogP contribution in [-0.2, 0) is 16.1 Å². The van der Waals surface area contributed by atoms with Crippen molar-refractivity contribution >= 4 is 34.7 Å². The first-order valence-electron chi connectivity index (χ1n) is 13.9. The lowest BCUT2D eigenvalue weighted by Gasteiger charge is -2.34. The molecule has 0 saturated carbocycles. The van der Waals surface area contributed by atoms with Crippen molar-refractivity contribution < 1.29 is 9.59 Å².